The molecule has 0 atom stereocenters. The van der Waals surface area contributed by atoms with Gasteiger partial charge in [0.15, 0.2) is 0 Å². The van der Waals surface area contributed by atoms with Crippen molar-refractivity contribution in [3.63, 3.8) is 0 Å². The van der Waals surface area contributed by atoms with E-state index in [1.165, 1.54) is 0 Å². The van der Waals surface area contributed by atoms with Gasteiger partial charge in [-0.3, -0.25) is 0 Å². The molecule has 7 heteroatoms. The van der Waals surface area contributed by atoms with Crippen molar-refractivity contribution in [3.8, 4) is 0 Å². The summed E-state index contributed by atoms with van der Waals surface area (Å²) in [5.74, 6) is -0.878. The monoisotopic (exact) mass is 346 g/mol. The van der Waals surface area contributed by atoms with Gasteiger partial charge in [-0.05, 0) is 38.1 Å². The molecule has 3 rings (SSSR count). The van der Waals surface area contributed by atoms with Gasteiger partial charge >= 0.3 is 11.9 Å². The molecule has 1 aromatic carbocycles. The van der Waals surface area contributed by atoms with Crippen molar-refractivity contribution in [2.75, 3.05) is 13.2 Å². The number of ether oxygens (including phenoxy) is 2. The fourth-order valence-corrected chi connectivity index (χ4v) is 2.73. The maximum atomic E-state index is 11.9. The third kappa shape index (κ3) is 2.80. The summed E-state index contributed by atoms with van der Waals surface area (Å²) in [6.07, 6.45) is 0. The minimum absolute atomic E-state index is 0.241. The van der Waals surface area contributed by atoms with Crippen LogP contribution in [0.4, 0.5) is 0 Å². The number of carbonyl (C=O) groups is 2. The lowest BCUT2D eigenvalue weighted by Crippen LogP contribution is -2.04. The minimum Gasteiger partial charge on any atom is -0.462 e. The van der Waals surface area contributed by atoms with Gasteiger partial charge in [-0.2, -0.15) is 0 Å². The average molecular weight is 347 g/mol. The maximum absolute atomic E-state index is 11.9. The zero-order valence-electron chi connectivity index (χ0n) is 13.2. The summed E-state index contributed by atoms with van der Waals surface area (Å²) < 4.78 is 9.98. The van der Waals surface area contributed by atoms with Gasteiger partial charge in [-0.1, -0.05) is 11.6 Å². The number of rotatable bonds is 4. The van der Waals surface area contributed by atoms with Crippen LogP contribution in [0.2, 0.25) is 5.15 Å². The predicted molar refractivity (Wildman–Crippen MR) is 90.5 cm³/mol. The lowest BCUT2D eigenvalue weighted by molar-refractivity contribution is 0.0513. The van der Waals surface area contributed by atoms with Gasteiger partial charge in [-0.25, -0.2) is 14.6 Å². The Hall–Kier alpha value is -2.60. The molecule has 3 aromatic rings. The molecule has 2 aromatic heterocycles. The van der Waals surface area contributed by atoms with Crippen LogP contribution in [-0.4, -0.2) is 35.1 Å². The van der Waals surface area contributed by atoms with Crippen LogP contribution in [0.1, 0.15) is 34.7 Å². The molecular formula is C17H15ClN2O4. The molecular weight excluding hydrogens is 332 g/mol. The van der Waals surface area contributed by atoms with E-state index in [1.54, 1.807) is 38.1 Å². The Labute approximate surface area is 142 Å². The Morgan fingerprint density at radius 1 is 1.08 bits per heavy atom. The van der Waals surface area contributed by atoms with Crippen LogP contribution in [0.5, 0.6) is 0 Å². The molecule has 1 N–H and O–H groups in total. The Morgan fingerprint density at radius 3 is 2.50 bits per heavy atom. The summed E-state index contributed by atoms with van der Waals surface area (Å²) in [7, 11) is 0. The zero-order chi connectivity index (χ0) is 17.3. The van der Waals surface area contributed by atoms with E-state index in [-0.39, 0.29) is 11.8 Å². The number of nitrogens with zero attached hydrogens (tertiary/aromatic N) is 1. The third-order valence-electron chi connectivity index (χ3n) is 3.53. The van der Waals surface area contributed by atoms with Crippen molar-refractivity contribution in [3.05, 3.63) is 40.7 Å². The van der Waals surface area contributed by atoms with Crippen LogP contribution < -0.4 is 0 Å². The maximum Gasteiger partial charge on any atom is 0.354 e. The normalized spacial score (nSPS) is 11.0. The summed E-state index contributed by atoms with van der Waals surface area (Å²) in [6.45, 7) is 4.06. The second kappa shape index (κ2) is 6.49. The first-order valence-corrected chi connectivity index (χ1v) is 7.89. The molecule has 2 heterocycles. The first kappa shape index (κ1) is 16.3. The van der Waals surface area contributed by atoms with Crippen molar-refractivity contribution in [1.29, 1.82) is 0 Å². The number of halogens is 1. The predicted octanol–water partition coefficient (Wildman–Crippen LogP) is 3.72. The number of aromatic nitrogens is 2. The van der Waals surface area contributed by atoms with Gasteiger partial charge in [0, 0.05) is 10.8 Å². The highest BCUT2D eigenvalue weighted by Gasteiger charge is 2.16. The Kier molecular flexibility index (Phi) is 4.40. The van der Waals surface area contributed by atoms with E-state index in [2.05, 4.69) is 9.97 Å². The van der Waals surface area contributed by atoms with E-state index in [0.717, 1.165) is 5.39 Å². The summed E-state index contributed by atoms with van der Waals surface area (Å²) in [5.41, 5.74) is 1.90. The van der Waals surface area contributed by atoms with Crippen LogP contribution in [0.15, 0.2) is 24.3 Å². The largest absolute Gasteiger partial charge is 0.462 e. The molecule has 0 radical (unpaired) electrons. The molecule has 0 amide bonds. The summed E-state index contributed by atoms with van der Waals surface area (Å²) in [5, 5.41) is 1.61. The van der Waals surface area contributed by atoms with E-state index in [9.17, 15) is 9.59 Å². The van der Waals surface area contributed by atoms with Crippen molar-refractivity contribution >= 4 is 45.3 Å². The second-order valence-electron chi connectivity index (χ2n) is 5.05. The van der Waals surface area contributed by atoms with E-state index >= 15 is 0 Å². The number of benzene rings is 1. The van der Waals surface area contributed by atoms with Gasteiger partial charge in [0.05, 0.1) is 29.8 Å². The van der Waals surface area contributed by atoms with E-state index in [1.807, 2.05) is 0 Å². The number of hydrogen-bond donors (Lipinski definition) is 1. The van der Waals surface area contributed by atoms with Gasteiger partial charge < -0.3 is 14.5 Å². The molecule has 0 saturated carbocycles. The molecule has 0 aliphatic rings. The molecule has 6 nitrogen and oxygen atoms in total. The number of aromatic amines is 1. The lowest BCUT2D eigenvalue weighted by Gasteiger charge is -2.05. The molecule has 0 aliphatic heterocycles. The van der Waals surface area contributed by atoms with Gasteiger partial charge in [-0.15, -0.1) is 0 Å². The number of esters is 2. The summed E-state index contributed by atoms with van der Waals surface area (Å²) >= 11 is 6.22. The molecule has 0 unspecified atom stereocenters. The van der Waals surface area contributed by atoms with E-state index < -0.39 is 11.9 Å². The fraction of sp³-hybridized carbons (Fsp3) is 0.235. The van der Waals surface area contributed by atoms with Gasteiger partial charge in [0.2, 0.25) is 0 Å². The lowest BCUT2D eigenvalue weighted by atomic mass is 10.1. The number of H-pyrrole nitrogens is 1. The van der Waals surface area contributed by atoms with Crippen LogP contribution in [0, 0.1) is 0 Å². The highest BCUT2D eigenvalue weighted by molar-refractivity contribution is 6.35. The van der Waals surface area contributed by atoms with Crippen molar-refractivity contribution in [2.45, 2.75) is 13.8 Å². The highest BCUT2D eigenvalue weighted by Crippen LogP contribution is 2.30. The van der Waals surface area contributed by atoms with Gasteiger partial charge in [0.1, 0.15) is 10.8 Å². The van der Waals surface area contributed by atoms with Gasteiger partial charge in [0.25, 0.3) is 0 Å². The quantitative estimate of drug-likeness (QED) is 0.575. The van der Waals surface area contributed by atoms with Crippen molar-refractivity contribution < 1.29 is 19.1 Å². The van der Waals surface area contributed by atoms with Crippen molar-refractivity contribution in [2.24, 2.45) is 0 Å². The second-order valence-corrected chi connectivity index (χ2v) is 5.41. The van der Waals surface area contributed by atoms with Crippen LogP contribution >= 0.6 is 11.6 Å². The number of hydrogen-bond acceptors (Lipinski definition) is 5. The standard InChI is InChI=1S/C17H15ClN2O4/c1-3-23-16(21)9-5-6-10-12(7-9)20-15(18)11-8-13(19-14(10)11)17(22)24-4-2/h5-8,19H,3-4H2,1-2H3. The number of carbonyl (C=O) groups excluding carboxylic acids is 2. The molecule has 124 valence electrons. The SMILES string of the molecule is CCOC(=O)c1ccc2c(c1)nc(Cl)c1cc(C(=O)OCC)[nH]c12. The Morgan fingerprint density at radius 2 is 1.79 bits per heavy atom. The number of fused-ring (bicyclic) bond motifs is 3. The van der Waals surface area contributed by atoms with Crippen molar-refractivity contribution in [1.82, 2.24) is 9.97 Å². The molecule has 0 spiro atoms. The molecule has 0 bridgehead atoms. The topological polar surface area (TPSA) is 81.3 Å². The molecule has 24 heavy (non-hydrogen) atoms. The average Bonchev–Trinajstić information content (AvgIpc) is 3.01. The number of pyridine rings is 1. The Balaban J connectivity index is 2.16. The molecule has 0 aliphatic carbocycles. The highest BCUT2D eigenvalue weighted by atomic mass is 35.5. The van der Waals surface area contributed by atoms with Crippen LogP contribution in [0.3, 0.4) is 0 Å². The smallest absolute Gasteiger partial charge is 0.354 e. The van der Waals surface area contributed by atoms with E-state index in [0.29, 0.717) is 34.3 Å². The first-order valence-electron chi connectivity index (χ1n) is 7.51. The third-order valence-corrected chi connectivity index (χ3v) is 3.82. The Bertz CT molecular complexity index is 949. The minimum atomic E-state index is -0.457. The van der Waals surface area contributed by atoms with Crippen LogP contribution in [-0.2, 0) is 9.47 Å². The summed E-state index contributed by atoms with van der Waals surface area (Å²) in [4.78, 5) is 31.1. The first-order chi connectivity index (χ1) is 11.5. The zero-order valence-corrected chi connectivity index (χ0v) is 13.9. The summed E-state index contributed by atoms with van der Waals surface area (Å²) in [6, 6.07) is 6.63. The molecule has 0 saturated heterocycles. The molecule has 0 fully saturated rings. The van der Waals surface area contributed by atoms with E-state index in [4.69, 9.17) is 21.1 Å². The van der Waals surface area contributed by atoms with Crippen LogP contribution in [0.25, 0.3) is 21.8 Å². The fourth-order valence-electron chi connectivity index (χ4n) is 2.49. The number of nitrogens with one attached hydrogen (secondary N) is 1.